The molecule has 0 aliphatic carbocycles. The average Bonchev–Trinajstić information content (AvgIpc) is 2.08. The van der Waals surface area contributed by atoms with Gasteiger partial charge in [-0.1, -0.05) is 0 Å². The number of ketones is 1. The summed E-state index contributed by atoms with van der Waals surface area (Å²) in [5.74, 6) is 0.292. The first-order valence-electron chi connectivity index (χ1n) is 3.69. The molecule has 2 bridgehead atoms. The summed E-state index contributed by atoms with van der Waals surface area (Å²) in [6, 6.07) is 0. The number of aliphatic hydroxyl groups excluding tert-OH is 1. The molecule has 2 unspecified atom stereocenters. The molecule has 0 aromatic carbocycles. The standard InChI is InChI=1S/C7H9IO3/c1-3(9)5-7-2-4(8(5)7)11-6(7)10/h4-6,10H,2H2,1H3/t4-,5?,6-,7?/m1/s1. The molecule has 4 heteroatoms. The van der Waals surface area contributed by atoms with E-state index in [2.05, 4.69) is 0 Å². The number of hydrogen-bond acceptors (Lipinski definition) is 3. The molecule has 11 heavy (non-hydrogen) atoms. The molecule has 0 aromatic rings. The molecule has 4 saturated heterocycles. The summed E-state index contributed by atoms with van der Waals surface area (Å²) < 4.78 is 5.91. The van der Waals surface area contributed by atoms with Crippen LogP contribution in [0.3, 0.4) is 0 Å². The van der Waals surface area contributed by atoms with E-state index < -0.39 is 26.1 Å². The SMILES string of the molecule is CC(=O)C1I2[C@H]3CC12[C@H](O)O3. The van der Waals surface area contributed by atoms with Crippen LogP contribution in [0, 0.1) is 0 Å². The first-order chi connectivity index (χ1) is 5.18. The van der Waals surface area contributed by atoms with Crippen LogP contribution in [0.15, 0.2) is 0 Å². The van der Waals surface area contributed by atoms with Crippen molar-refractivity contribution in [2.45, 2.75) is 31.1 Å². The van der Waals surface area contributed by atoms with Crippen LogP contribution in [0.5, 0.6) is 0 Å². The average molecular weight is 268 g/mol. The predicted octanol–water partition coefficient (Wildman–Crippen LogP) is 0.281. The third-order valence-corrected chi connectivity index (χ3v) is 11.6. The molecule has 4 fully saturated rings. The Labute approximate surface area is 71.5 Å². The van der Waals surface area contributed by atoms with Gasteiger partial charge < -0.3 is 0 Å². The molecule has 0 aromatic heterocycles. The summed E-state index contributed by atoms with van der Waals surface area (Å²) >= 11 is -1.12. The second kappa shape index (κ2) is 1.65. The van der Waals surface area contributed by atoms with E-state index in [9.17, 15) is 9.90 Å². The van der Waals surface area contributed by atoms with Crippen molar-refractivity contribution in [3.05, 3.63) is 0 Å². The van der Waals surface area contributed by atoms with Gasteiger partial charge in [-0.3, -0.25) is 0 Å². The summed E-state index contributed by atoms with van der Waals surface area (Å²) in [6.45, 7) is 1.65. The third kappa shape index (κ3) is 0.513. The van der Waals surface area contributed by atoms with Crippen molar-refractivity contribution in [2.24, 2.45) is 0 Å². The molecule has 4 aliphatic rings. The molecule has 1 N–H and O–H groups in total. The molecular weight excluding hydrogens is 259 g/mol. The minimum absolute atomic E-state index is 0.0421. The van der Waals surface area contributed by atoms with E-state index in [-0.39, 0.29) is 7.35 Å². The summed E-state index contributed by atoms with van der Waals surface area (Å²) in [6.07, 6.45) is 0.398. The van der Waals surface area contributed by atoms with Gasteiger partial charge >= 0.3 is 71.3 Å². The summed E-state index contributed by atoms with van der Waals surface area (Å²) in [5, 5.41) is 9.42. The van der Waals surface area contributed by atoms with Crippen LogP contribution in [0.4, 0.5) is 0 Å². The number of Topliss-reactive ketones (excluding diaryl/α,β-unsaturated/α-hetero) is 1. The molecule has 0 saturated carbocycles. The van der Waals surface area contributed by atoms with Crippen molar-refractivity contribution in [1.82, 2.24) is 0 Å². The fraction of sp³-hybridized carbons (Fsp3) is 0.857. The van der Waals surface area contributed by atoms with Gasteiger partial charge in [0.25, 0.3) is 0 Å². The maximum atomic E-state index is 11.1. The van der Waals surface area contributed by atoms with Crippen molar-refractivity contribution < 1.29 is 14.6 Å². The van der Waals surface area contributed by atoms with E-state index in [0.717, 1.165) is 6.42 Å². The minimum atomic E-state index is -1.12. The van der Waals surface area contributed by atoms with Crippen molar-refractivity contribution >= 4 is 25.6 Å². The molecular formula is C7H9IO3. The van der Waals surface area contributed by atoms with Crippen LogP contribution >= 0.6 is 19.8 Å². The van der Waals surface area contributed by atoms with Crippen LogP contribution in [-0.2, 0) is 9.53 Å². The van der Waals surface area contributed by atoms with Gasteiger partial charge in [0.1, 0.15) is 0 Å². The van der Waals surface area contributed by atoms with E-state index in [1.54, 1.807) is 6.92 Å². The van der Waals surface area contributed by atoms with Crippen molar-refractivity contribution in [2.75, 3.05) is 0 Å². The Kier molecular flexibility index (Phi) is 1.02. The quantitative estimate of drug-likeness (QED) is 0.549. The van der Waals surface area contributed by atoms with Gasteiger partial charge in [-0.05, 0) is 0 Å². The van der Waals surface area contributed by atoms with E-state index in [1.165, 1.54) is 0 Å². The molecule has 4 rings (SSSR count). The number of carbonyl (C=O) groups is 1. The Balaban J connectivity index is 1.95. The Morgan fingerprint density at radius 1 is 1.82 bits per heavy atom. The molecule has 1 spiro atoms. The number of rotatable bonds is 1. The number of fused-ring (bicyclic) bond motifs is 1. The Hall–Kier alpha value is 0.320. The summed E-state index contributed by atoms with van der Waals surface area (Å²) in [7, 11) is 0. The van der Waals surface area contributed by atoms with Crippen LogP contribution in [0.2, 0.25) is 0 Å². The second-order valence-corrected chi connectivity index (χ2v) is 9.95. The fourth-order valence-corrected chi connectivity index (χ4v) is 11.7. The zero-order valence-electron chi connectivity index (χ0n) is 6.08. The number of carbonyl (C=O) groups excluding carboxylic acids is 1. The molecule has 4 aliphatic heterocycles. The first kappa shape index (κ1) is 6.80. The van der Waals surface area contributed by atoms with Gasteiger partial charge in [0.2, 0.25) is 0 Å². The normalized spacial score (nSPS) is 60.2. The number of aliphatic hydroxyl groups is 1. The molecule has 3 nitrogen and oxygen atoms in total. The predicted molar refractivity (Wildman–Crippen MR) is 46.7 cm³/mol. The molecule has 4 heterocycles. The van der Waals surface area contributed by atoms with E-state index in [1.807, 2.05) is 0 Å². The number of hydrogen-bond donors (Lipinski definition) is 1. The maximum absolute atomic E-state index is 11.1. The van der Waals surface area contributed by atoms with E-state index in [0.29, 0.717) is 9.89 Å². The van der Waals surface area contributed by atoms with Crippen LogP contribution in [0.25, 0.3) is 0 Å². The topological polar surface area (TPSA) is 46.5 Å². The van der Waals surface area contributed by atoms with Gasteiger partial charge in [0.15, 0.2) is 0 Å². The number of alkyl halides is 3. The van der Waals surface area contributed by atoms with Gasteiger partial charge in [0, 0.05) is 0 Å². The first-order valence-corrected chi connectivity index (χ1v) is 7.26. The van der Waals surface area contributed by atoms with Gasteiger partial charge in [-0.25, -0.2) is 0 Å². The third-order valence-electron chi connectivity index (χ3n) is 2.79. The van der Waals surface area contributed by atoms with Gasteiger partial charge in [-0.2, -0.15) is 0 Å². The zero-order valence-corrected chi connectivity index (χ0v) is 8.24. The molecule has 62 valence electrons. The van der Waals surface area contributed by atoms with Crippen molar-refractivity contribution in [3.63, 3.8) is 0 Å². The molecule has 4 atom stereocenters. The monoisotopic (exact) mass is 268 g/mol. The summed E-state index contributed by atoms with van der Waals surface area (Å²) in [4.78, 5) is 11.1. The van der Waals surface area contributed by atoms with Gasteiger partial charge in [-0.15, -0.1) is 0 Å². The van der Waals surface area contributed by atoms with Crippen LogP contribution < -0.4 is 0 Å². The Bertz CT molecular complexity index is 254. The number of halogens is 1. The van der Waals surface area contributed by atoms with Crippen LogP contribution in [-0.4, -0.2) is 28.6 Å². The van der Waals surface area contributed by atoms with E-state index in [4.69, 9.17) is 4.74 Å². The molecule has 0 radical (unpaired) electrons. The second-order valence-electron chi connectivity index (χ2n) is 3.35. The van der Waals surface area contributed by atoms with E-state index >= 15 is 0 Å². The van der Waals surface area contributed by atoms with Crippen molar-refractivity contribution in [3.8, 4) is 0 Å². The molecule has 0 amide bonds. The van der Waals surface area contributed by atoms with Crippen LogP contribution in [0.1, 0.15) is 13.3 Å². The Morgan fingerprint density at radius 2 is 2.55 bits per heavy atom. The fourth-order valence-electron chi connectivity index (χ4n) is 2.30. The van der Waals surface area contributed by atoms with Gasteiger partial charge in [0.05, 0.1) is 0 Å². The zero-order chi connectivity index (χ0) is 7.80. The van der Waals surface area contributed by atoms with Crippen molar-refractivity contribution in [1.29, 1.82) is 0 Å². The Morgan fingerprint density at radius 3 is 2.82 bits per heavy atom. The summed E-state index contributed by atoms with van der Waals surface area (Å²) in [5.41, 5.74) is 0. The number of ether oxygens (including phenoxy) is 1.